The van der Waals surface area contributed by atoms with Crippen LogP contribution in [0.4, 0.5) is 21.6 Å². The smallest absolute Gasteiger partial charge is 0.255 e. The molecule has 0 spiro atoms. The van der Waals surface area contributed by atoms with Gasteiger partial charge in [-0.15, -0.1) is 0 Å². The van der Waals surface area contributed by atoms with Crippen LogP contribution in [0.25, 0.3) is 5.52 Å². The third-order valence-electron chi connectivity index (χ3n) is 4.69. The molecule has 3 aromatic rings. The predicted molar refractivity (Wildman–Crippen MR) is 120 cm³/mol. The highest BCUT2D eigenvalue weighted by atomic mass is 19.1. The number of nitrogens with zero attached hydrogens (tertiary/aromatic N) is 4. The van der Waals surface area contributed by atoms with E-state index in [0.29, 0.717) is 28.3 Å². The molecule has 32 heavy (non-hydrogen) atoms. The minimum Gasteiger partial charge on any atom is -0.387 e. The number of nitrogens with one attached hydrogen (secondary N) is 3. The molecule has 0 fully saturated rings. The van der Waals surface area contributed by atoms with Crippen LogP contribution in [0.3, 0.4) is 0 Å². The number of amides is 1. The maximum Gasteiger partial charge on any atom is 0.255 e. The van der Waals surface area contributed by atoms with Gasteiger partial charge in [0.1, 0.15) is 18.1 Å². The molecular weight excluding hydrogens is 413 g/mol. The normalized spacial score (nSPS) is 12.4. The molecule has 1 unspecified atom stereocenters. The lowest BCUT2D eigenvalue weighted by atomic mass is 10.0. The number of carbonyl (C=O) groups is 1. The number of pyridine rings is 1. The molecule has 0 saturated carbocycles. The van der Waals surface area contributed by atoms with E-state index in [9.17, 15) is 14.3 Å². The molecule has 0 saturated heterocycles. The monoisotopic (exact) mass is 439 g/mol. The van der Waals surface area contributed by atoms with Crippen LogP contribution in [0.5, 0.6) is 0 Å². The number of anilines is 3. The number of halogens is 1. The molecule has 3 aromatic heterocycles. The Balaban J connectivity index is 1.90. The molecule has 3 heterocycles. The van der Waals surface area contributed by atoms with E-state index in [1.54, 1.807) is 22.8 Å². The van der Waals surface area contributed by atoms with Gasteiger partial charge in [0.05, 0.1) is 52.6 Å². The molecule has 10 heteroatoms. The summed E-state index contributed by atoms with van der Waals surface area (Å²) in [6.45, 7) is 6.25. The Bertz CT molecular complexity index is 1140. The van der Waals surface area contributed by atoms with Crippen LogP contribution < -0.4 is 16.0 Å². The van der Waals surface area contributed by atoms with Gasteiger partial charge >= 0.3 is 0 Å². The van der Waals surface area contributed by atoms with Crippen molar-refractivity contribution >= 4 is 28.6 Å². The lowest BCUT2D eigenvalue weighted by molar-refractivity contribution is -0.00177. The summed E-state index contributed by atoms with van der Waals surface area (Å²) in [6, 6.07) is 7.19. The third-order valence-corrected chi connectivity index (χ3v) is 4.69. The molecule has 0 aromatic carbocycles. The maximum atomic E-state index is 14.1. The summed E-state index contributed by atoms with van der Waals surface area (Å²) < 4.78 is 15.7. The Morgan fingerprint density at radius 1 is 1.34 bits per heavy atom. The molecule has 1 atom stereocenters. The van der Waals surface area contributed by atoms with Crippen molar-refractivity contribution in [3.8, 4) is 6.07 Å². The number of hydrogen-bond donors (Lipinski definition) is 4. The molecule has 0 aliphatic heterocycles. The van der Waals surface area contributed by atoms with Crippen LogP contribution in [-0.4, -0.2) is 50.0 Å². The molecule has 0 aliphatic carbocycles. The van der Waals surface area contributed by atoms with E-state index >= 15 is 0 Å². The zero-order chi connectivity index (χ0) is 23.5. The first-order valence-electron chi connectivity index (χ1n) is 10.1. The summed E-state index contributed by atoms with van der Waals surface area (Å²) in [5.41, 5.74) is 1.03. The van der Waals surface area contributed by atoms with E-state index in [0.717, 1.165) is 0 Å². The first-order chi connectivity index (χ1) is 15.1. The van der Waals surface area contributed by atoms with Gasteiger partial charge in [0.2, 0.25) is 0 Å². The Labute approximate surface area is 185 Å². The van der Waals surface area contributed by atoms with Gasteiger partial charge in [-0.25, -0.2) is 13.9 Å². The number of carbonyl (C=O) groups excluding carboxylic acids is 1. The fourth-order valence-electron chi connectivity index (χ4n) is 2.95. The highest BCUT2D eigenvalue weighted by molar-refractivity contribution is 6.03. The number of fused-ring (bicyclic) bond motifs is 1. The first-order valence-corrected chi connectivity index (χ1v) is 10.1. The summed E-state index contributed by atoms with van der Waals surface area (Å²) >= 11 is 0. The van der Waals surface area contributed by atoms with Crippen molar-refractivity contribution in [2.75, 3.05) is 17.2 Å². The summed E-state index contributed by atoms with van der Waals surface area (Å²) in [4.78, 5) is 17.0. The number of rotatable bonds is 8. The van der Waals surface area contributed by atoms with Crippen molar-refractivity contribution < 1.29 is 14.3 Å². The molecule has 0 bridgehead atoms. The average molecular weight is 439 g/mol. The molecule has 9 nitrogen and oxygen atoms in total. The SMILES string of the molecule is CC(C)Nc1c(C(=O)NCC(F)C(C)(C)O)cnn2cc(Nc3ccc(C#N)cn3)cc12. The Morgan fingerprint density at radius 2 is 2.09 bits per heavy atom. The zero-order valence-corrected chi connectivity index (χ0v) is 18.3. The van der Waals surface area contributed by atoms with E-state index in [1.165, 1.54) is 26.2 Å². The topological polar surface area (TPSA) is 127 Å². The van der Waals surface area contributed by atoms with E-state index < -0.39 is 17.7 Å². The van der Waals surface area contributed by atoms with Gasteiger partial charge in [0.25, 0.3) is 5.91 Å². The molecule has 3 rings (SSSR count). The summed E-state index contributed by atoms with van der Waals surface area (Å²) in [7, 11) is 0. The number of aliphatic hydroxyl groups is 1. The largest absolute Gasteiger partial charge is 0.387 e. The van der Waals surface area contributed by atoms with E-state index in [-0.39, 0.29) is 18.2 Å². The van der Waals surface area contributed by atoms with Gasteiger partial charge in [0, 0.05) is 12.2 Å². The molecule has 1 amide bonds. The lowest BCUT2D eigenvalue weighted by Crippen LogP contribution is -2.42. The third kappa shape index (κ3) is 5.31. The predicted octanol–water partition coefficient (Wildman–Crippen LogP) is 3.00. The molecule has 4 N–H and O–H groups in total. The van der Waals surface area contributed by atoms with Crippen LogP contribution in [0.1, 0.15) is 43.6 Å². The van der Waals surface area contributed by atoms with Crippen LogP contribution in [0.2, 0.25) is 0 Å². The van der Waals surface area contributed by atoms with Gasteiger partial charge in [-0.05, 0) is 45.9 Å². The Morgan fingerprint density at radius 3 is 2.69 bits per heavy atom. The van der Waals surface area contributed by atoms with Gasteiger partial charge in [0.15, 0.2) is 0 Å². The van der Waals surface area contributed by atoms with Crippen molar-refractivity contribution in [2.45, 2.75) is 45.5 Å². The number of nitriles is 1. The quantitative estimate of drug-likeness (QED) is 0.425. The van der Waals surface area contributed by atoms with Crippen LogP contribution in [0, 0.1) is 11.3 Å². The summed E-state index contributed by atoms with van der Waals surface area (Å²) in [5.74, 6) is 0.0522. The number of aromatic nitrogens is 3. The van der Waals surface area contributed by atoms with Crippen LogP contribution >= 0.6 is 0 Å². The average Bonchev–Trinajstić information content (AvgIpc) is 3.14. The Kier molecular flexibility index (Phi) is 6.60. The second-order valence-corrected chi connectivity index (χ2v) is 8.29. The fraction of sp³-hybridized carbons (Fsp3) is 0.364. The standard InChI is InChI=1S/C22H26FN7O2/c1-13(2)28-20-16(21(31)26-11-18(23)22(3,4)32)10-27-30-12-15(7-17(20)30)29-19-6-5-14(8-24)9-25-19/h5-7,9-10,12-13,18,28,32H,11H2,1-4H3,(H,25,29)(H,26,31). The summed E-state index contributed by atoms with van der Waals surface area (Å²) in [5, 5.41) is 31.9. The molecular formula is C22H26FN7O2. The van der Waals surface area contributed by atoms with E-state index in [1.807, 2.05) is 26.0 Å². The summed E-state index contributed by atoms with van der Waals surface area (Å²) in [6.07, 6.45) is 3.01. The first kappa shape index (κ1) is 23.0. The second kappa shape index (κ2) is 9.20. The van der Waals surface area contributed by atoms with Crippen molar-refractivity contribution in [3.63, 3.8) is 0 Å². The number of alkyl halides is 1. The minimum atomic E-state index is -1.62. The molecule has 0 aliphatic rings. The number of hydrogen-bond acceptors (Lipinski definition) is 7. The molecule has 0 radical (unpaired) electrons. The van der Waals surface area contributed by atoms with Crippen LogP contribution in [-0.2, 0) is 0 Å². The van der Waals surface area contributed by atoms with Gasteiger partial charge in [-0.1, -0.05) is 0 Å². The lowest BCUT2D eigenvalue weighted by Gasteiger charge is -2.23. The van der Waals surface area contributed by atoms with Gasteiger partial charge in [-0.2, -0.15) is 10.4 Å². The minimum absolute atomic E-state index is 0.0181. The zero-order valence-electron chi connectivity index (χ0n) is 18.3. The van der Waals surface area contributed by atoms with E-state index in [2.05, 4.69) is 26.0 Å². The Hall–Kier alpha value is -3.71. The van der Waals surface area contributed by atoms with E-state index in [4.69, 9.17) is 5.26 Å². The highest BCUT2D eigenvalue weighted by Crippen LogP contribution is 2.27. The van der Waals surface area contributed by atoms with Crippen molar-refractivity contribution in [2.24, 2.45) is 0 Å². The van der Waals surface area contributed by atoms with Crippen LogP contribution in [0.15, 0.2) is 36.8 Å². The van der Waals surface area contributed by atoms with Crippen molar-refractivity contribution in [3.05, 3.63) is 47.9 Å². The second-order valence-electron chi connectivity index (χ2n) is 8.29. The fourth-order valence-corrected chi connectivity index (χ4v) is 2.95. The highest BCUT2D eigenvalue weighted by Gasteiger charge is 2.27. The van der Waals surface area contributed by atoms with Crippen molar-refractivity contribution in [1.29, 1.82) is 5.26 Å². The van der Waals surface area contributed by atoms with Gasteiger partial charge < -0.3 is 21.1 Å². The molecule has 168 valence electrons. The van der Waals surface area contributed by atoms with Crippen molar-refractivity contribution in [1.82, 2.24) is 19.9 Å². The van der Waals surface area contributed by atoms with Gasteiger partial charge in [-0.3, -0.25) is 4.79 Å². The maximum absolute atomic E-state index is 14.1.